The van der Waals surface area contributed by atoms with Crippen LogP contribution in [-0.4, -0.2) is 34.9 Å². The fraction of sp³-hybridized carbons (Fsp3) is 0.222. The lowest BCUT2D eigenvalue weighted by Gasteiger charge is -2.28. The molecule has 1 aliphatic heterocycles. The molecule has 0 spiro atoms. The van der Waals surface area contributed by atoms with Gasteiger partial charge in [0.05, 0.1) is 10.7 Å². The molecular formula is C18H15ClF2N2O2S. The Morgan fingerprint density at radius 2 is 2.04 bits per heavy atom. The lowest BCUT2D eigenvalue weighted by atomic mass is 10.2. The lowest BCUT2D eigenvalue weighted by Crippen LogP contribution is -2.39. The molecule has 2 aromatic rings. The summed E-state index contributed by atoms with van der Waals surface area (Å²) in [6.07, 6.45) is 0.811. The van der Waals surface area contributed by atoms with E-state index in [2.05, 4.69) is 9.73 Å². The number of carbonyl (C=O) groups excluding carboxylic acids is 1. The molecule has 1 heterocycles. The molecule has 3 rings (SSSR count). The van der Waals surface area contributed by atoms with Crippen LogP contribution in [0.5, 0.6) is 5.75 Å². The van der Waals surface area contributed by atoms with Gasteiger partial charge in [0.2, 0.25) is 0 Å². The summed E-state index contributed by atoms with van der Waals surface area (Å²) < 4.78 is 29.2. The monoisotopic (exact) mass is 396 g/mol. The summed E-state index contributed by atoms with van der Waals surface area (Å²) in [5.41, 5.74) is 0.837. The summed E-state index contributed by atoms with van der Waals surface area (Å²) >= 11 is 7.61. The number of hydrogen-bond acceptors (Lipinski definition) is 4. The molecule has 0 atom stereocenters. The van der Waals surface area contributed by atoms with Crippen LogP contribution in [0.2, 0.25) is 5.02 Å². The van der Waals surface area contributed by atoms with E-state index in [1.165, 1.54) is 30.0 Å². The minimum absolute atomic E-state index is 0.0555. The normalized spacial score (nSPS) is 16.2. The summed E-state index contributed by atoms with van der Waals surface area (Å²) in [6, 6.07) is 12.9. The zero-order valence-corrected chi connectivity index (χ0v) is 15.1. The summed E-state index contributed by atoms with van der Waals surface area (Å²) in [5.74, 6) is 0.463. The fourth-order valence-corrected chi connectivity index (χ4v) is 3.57. The molecule has 0 unspecified atom stereocenters. The highest BCUT2D eigenvalue weighted by Crippen LogP contribution is 2.29. The SMILES string of the molecule is O=C(c1cccc(OC(F)F)c1)N1CCCSC1=Nc1ccccc1Cl. The summed E-state index contributed by atoms with van der Waals surface area (Å²) in [6.45, 7) is -2.45. The lowest BCUT2D eigenvalue weighted by molar-refractivity contribution is -0.0498. The molecule has 8 heteroatoms. The van der Waals surface area contributed by atoms with Crippen molar-refractivity contribution in [2.75, 3.05) is 12.3 Å². The Morgan fingerprint density at radius 3 is 2.81 bits per heavy atom. The van der Waals surface area contributed by atoms with Crippen molar-refractivity contribution in [3.8, 4) is 5.75 Å². The predicted molar refractivity (Wildman–Crippen MR) is 99.7 cm³/mol. The number of amides is 1. The van der Waals surface area contributed by atoms with Crippen LogP contribution in [0.4, 0.5) is 14.5 Å². The van der Waals surface area contributed by atoms with Gasteiger partial charge in [0.15, 0.2) is 5.17 Å². The quantitative estimate of drug-likeness (QED) is 0.712. The van der Waals surface area contributed by atoms with E-state index < -0.39 is 6.61 Å². The van der Waals surface area contributed by atoms with Crippen molar-refractivity contribution < 1.29 is 18.3 Å². The summed E-state index contributed by atoms with van der Waals surface area (Å²) in [5, 5.41) is 1.03. The topological polar surface area (TPSA) is 41.9 Å². The molecule has 136 valence electrons. The van der Waals surface area contributed by atoms with Crippen LogP contribution in [0.15, 0.2) is 53.5 Å². The van der Waals surface area contributed by atoms with E-state index in [0.717, 1.165) is 12.2 Å². The third-order valence-corrected chi connectivity index (χ3v) is 4.99. The Bertz CT molecular complexity index is 832. The number of carbonyl (C=O) groups is 1. The van der Waals surface area contributed by atoms with Gasteiger partial charge in [0, 0.05) is 17.9 Å². The summed E-state index contributed by atoms with van der Waals surface area (Å²) in [7, 11) is 0. The maximum Gasteiger partial charge on any atom is 0.387 e. The number of amidine groups is 1. The predicted octanol–water partition coefficient (Wildman–Crippen LogP) is 5.21. The fourth-order valence-electron chi connectivity index (χ4n) is 2.45. The number of ether oxygens (including phenoxy) is 1. The molecular weight excluding hydrogens is 382 g/mol. The van der Waals surface area contributed by atoms with Crippen molar-refractivity contribution in [1.29, 1.82) is 0 Å². The molecule has 2 aromatic carbocycles. The molecule has 0 N–H and O–H groups in total. The van der Waals surface area contributed by atoms with E-state index in [1.807, 2.05) is 6.07 Å². The Hall–Kier alpha value is -2.12. The van der Waals surface area contributed by atoms with E-state index >= 15 is 0 Å². The second-order valence-electron chi connectivity index (χ2n) is 5.41. The Balaban J connectivity index is 1.88. The smallest absolute Gasteiger partial charge is 0.387 e. The number of rotatable bonds is 4. The Kier molecular flexibility index (Phi) is 6.11. The van der Waals surface area contributed by atoms with Gasteiger partial charge in [-0.3, -0.25) is 9.69 Å². The molecule has 0 aliphatic carbocycles. The van der Waals surface area contributed by atoms with Crippen LogP contribution in [0, 0.1) is 0 Å². The first kappa shape index (κ1) is 18.7. The van der Waals surface area contributed by atoms with Gasteiger partial charge in [-0.25, -0.2) is 4.99 Å². The van der Waals surface area contributed by atoms with Gasteiger partial charge in [-0.05, 0) is 36.8 Å². The Morgan fingerprint density at radius 1 is 1.23 bits per heavy atom. The van der Waals surface area contributed by atoms with E-state index in [1.54, 1.807) is 29.2 Å². The maximum atomic E-state index is 12.9. The third-order valence-electron chi connectivity index (χ3n) is 3.61. The van der Waals surface area contributed by atoms with Gasteiger partial charge in [-0.1, -0.05) is 41.6 Å². The molecule has 4 nitrogen and oxygen atoms in total. The Labute approximate surface area is 158 Å². The van der Waals surface area contributed by atoms with Crippen LogP contribution in [-0.2, 0) is 0 Å². The van der Waals surface area contributed by atoms with Gasteiger partial charge in [0.25, 0.3) is 5.91 Å². The maximum absolute atomic E-state index is 12.9. The largest absolute Gasteiger partial charge is 0.435 e. The van der Waals surface area contributed by atoms with Crippen molar-refractivity contribution in [1.82, 2.24) is 4.90 Å². The van der Waals surface area contributed by atoms with Crippen LogP contribution < -0.4 is 4.74 Å². The van der Waals surface area contributed by atoms with Crippen molar-refractivity contribution in [3.63, 3.8) is 0 Å². The van der Waals surface area contributed by atoms with E-state index in [-0.39, 0.29) is 17.2 Å². The van der Waals surface area contributed by atoms with Crippen molar-refractivity contribution in [2.24, 2.45) is 4.99 Å². The standard InChI is InChI=1S/C18H15ClF2N2O2S/c19-14-7-1-2-8-15(14)22-18-23(9-4-10-26-18)16(24)12-5-3-6-13(11-12)25-17(20)21/h1-3,5-8,11,17H,4,9-10H2. The summed E-state index contributed by atoms with van der Waals surface area (Å²) in [4.78, 5) is 18.9. The number of alkyl halides is 2. The van der Waals surface area contributed by atoms with Crippen LogP contribution in [0.25, 0.3) is 0 Å². The number of benzene rings is 2. The van der Waals surface area contributed by atoms with Gasteiger partial charge in [-0.15, -0.1) is 0 Å². The molecule has 0 bridgehead atoms. The highest BCUT2D eigenvalue weighted by Gasteiger charge is 2.25. The van der Waals surface area contributed by atoms with Gasteiger partial charge in [-0.2, -0.15) is 8.78 Å². The van der Waals surface area contributed by atoms with Crippen LogP contribution >= 0.6 is 23.4 Å². The van der Waals surface area contributed by atoms with Gasteiger partial charge < -0.3 is 4.74 Å². The molecule has 0 aromatic heterocycles. The molecule has 1 aliphatic rings. The van der Waals surface area contributed by atoms with E-state index in [4.69, 9.17) is 11.6 Å². The number of aliphatic imine (C=N–C) groups is 1. The first-order chi connectivity index (χ1) is 12.5. The van der Waals surface area contributed by atoms with E-state index in [9.17, 15) is 13.6 Å². The van der Waals surface area contributed by atoms with Gasteiger partial charge in [0.1, 0.15) is 5.75 Å². The van der Waals surface area contributed by atoms with Crippen molar-refractivity contribution in [3.05, 3.63) is 59.1 Å². The van der Waals surface area contributed by atoms with Gasteiger partial charge >= 0.3 is 6.61 Å². The molecule has 1 amide bonds. The van der Waals surface area contributed by atoms with Crippen LogP contribution in [0.1, 0.15) is 16.8 Å². The second-order valence-corrected chi connectivity index (χ2v) is 6.88. The average Bonchev–Trinajstić information content (AvgIpc) is 2.63. The zero-order valence-electron chi connectivity index (χ0n) is 13.6. The van der Waals surface area contributed by atoms with Crippen molar-refractivity contribution >= 4 is 40.1 Å². The molecule has 0 radical (unpaired) electrons. The third kappa shape index (κ3) is 4.53. The molecule has 0 saturated carbocycles. The second kappa shape index (κ2) is 8.51. The number of para-hydroxylation sites is 1. The number of halogens is 3. The highest BCUT2D eigenvalue weighted by molar-refractivity contribution is 8.13. The highest BCUT2D eigenvalue weighted by atomic mass is 35.5. The first-order valence-corrected chi connectivity index (χ1v) is 9.24. The average molecular weight is 397 g/mol. The number of nitrogens with zero attached hydrogens (tertiary/aromatic N) is 2. The molecule has 1 saturated heterocycles. The first-order valence-electron chi connectivity index (χ1n) is 7.87. The van der Waals surface area contributed by atoms with Crippen LogP contribution in [0.3, 0.4) is 0 Å². The zero-order chi connectivity index (χ0) is 18.5. The van der Waals surface area contributed by atoms with Crippen molar-refractivity contribution in [2.45, 2.75) is 13.0 Å². The number of hydrogen-bond donors (Lipinski definition) is 0. The molecule has 1 fully saturated rings. The minimum atomic E-state index is -2.94. The minimum Gasteiger partial charge on any atom is -0.435 e. The number of thioether (sulfide) groups is 1. The molecule has 26 heavy (non-hydrogen) atoms. The van der Waals surface area contributed by atoms with E-state index in [0.29, 0.717) is 22.4 Å².